The second-order valence-corrected chi connectivity index (χ2v) is 7.29. The summed E-state index contributed by atoms with van der Waals surface area (Å²) < 4.78 is 9.67. The minimum absolute atomic E-state index is 0. The van der Waals surface area contributed by atoms with E-state index < -0.39 is 0 Å². The van der Waals surface area contributed by atoms with E-state index in [-0.39, 0.29) is 19.4 Å². The Hall–Kier alpha value is -4.02. The van der Waals surface area contributed by atoms with E-state index in [4.69, 9.17) is 9.47 Å². The monoisotopic (exact) mass is 472 g/mol. The van der Waals surface area contributed by atoms with Crippen LogP contribution in [0.4, 0.5) is 0 Å². The summed E-state index contributed by atoms with van der Waals surface area (Å²) in [7, 11) is 0. The molecule has 0 amide bonds. The van der Waals surface area contributed by atoms with Crippen LogP contribution in [0.3, 0.4) is 0 Å². The van der Waals surface area contributed by atoms with Gasteiger partial charge in [0.15, 0.2) is 0 Å². The summed E-state index contributed by atoms with van der Waals surface area (Å²) in [6, 6.07) is 16.2. The third-order valence-electron chi connectivity index (χ3n) is 4.28. The van der Waals surface area contributed by atoms with Gasteiger partial charge < -0.3 is 9.47 Å². The average Bonchev–Trinajstić information content (AvgIpc) is 2.85. The Labute approximate surface area is 211 Å². The maximum Gasteiger partial charge on any atom is 0.330 e. The normalized spacial score (nSPS) is 8.74. The highest BCUT2D eigenvalue weighted by Crippen LogP contribution is 2.02. The lowest BCUT2D eigenvalue weighted by molar-refractivity contribution is -0.138. The minimum atomic E-state index is -0.378. The van der Waals surface area contributed by atoms with E-state index in [9.17, 15) is 9.59 Å². The smallest absolute Gasteiger partial charge is 0.330 e. The summed E-state index contributed by atoms with van der Waals surface area (Å²) in [4.78, 5) is 21.4. The molecule has 0 aliphatic heterocycles. The molecule has 0 unspecified atom stereocenters. The molecule has 184 valence electrons. The molecule has 0 atom stereocenters. The van der Waals surface area contributed by atoms with E-state index in [1.54, 1.807) is 0 Å². The van der Waals surface area contributed by atoms with Crippen LogP contribution in [0.25, 0.3) is 0 Å². The van der Waals surface area contributed by atoms with Crippen molar-refractivity contribution < 1.29 is 19.1 Å². The number of carbonyl (C=O) groups excluding carboxylic acids is 2. The molecular formula is C31H36O4. The van der Waals surface area contributed by atoms with Gasteiger partial charge in [0.05, 0.1) is 13.2 Å². The van der Waals surface area contributed by atoms with Crippen molar-refractivity contribution >= 4 is 11.9 Å². The van der Waals surface area contributed by atoms with E-state index in [0.29, 0.717) is 13.2 Å². The first-order valence-electron chi connectivity index (χ1n) is 11.1. The molecule has 35 heavy (non-hydrogen) atoms. The first kappa shape index (κ1) is 31.0. The van der Waals surface area contributed by atoms with Crippen molar-refractivity contribution in [2.45, 2.75) is 47.0 Å². The SMILES string of the molecule is C.C=CC(=O)OCCCC#Cc1ccc(C)cc1.C=CC(=O)OCCCC#Cc1ccc(C)cc1. The van der Waals surface area contributed by atoms with E-state index >= 15 is 0 Å². The molecule has 0 spiro atoms. The second kappa shape index (κ2) is 19.4. The number of benzene rings is 2. The van der Waals surface area contributed by atoms with Crippen LogP contribution >= 0.6 is 0 Å². The van der Waals surface area contributed by atoms with Gasteiger partial charge >= 0.3 is 11.9 Å². The Morgan fingerprint density at radius 1 is 0.714 bits per heavy atom. The Balaban J connectivity index is 0.000000642. The standard InChI is InChI=1S/2C15H16O2.CH4/c2*1-3-15(16)17-12-6-4-5-7-14-10-8-13(2)9-11-14;/h2*3,8-11H,1,4,6,12H2,2H3;1H4. The van der Waals surface area contributed by atoms with Crippen molar-refractivity contribution in [3.05, 3.63) is 96.1 Å². The lowest BCUT2D eigenvalue weighted by atomic mass is 10.1. The van der Waals surface area contributed by atoms with Gasteiger partial charge in [0.2, 0.25) is 0 Å². The average molecular weight is 473 g/mol. The summed E-state index contributed by atoms with van der Waals surface area (Å²) in [6.07, 6.45) is 5.27. The summed E-state index contributed by atoms with van der Waals surface area (Å²) in [6.45, 7) is 11.5. The first-order chi connectivity index (χ1) is 16.4. The van der Waals surface area contributed by atoms with Crippen LogP contribution in [0, 0.1) is 37.5 Å². The summed E-state index contributed by atoms with van der Waals surface area (Å²) in [5.74, 6) is 11.5. The van der Waals surface area contributed by atoms with Gasteiger partial charge in [0, 0.05) is 36.1 Å². The Morgan fingerprint density at radius 3 is 1.37 bits per heavy atom. The summed E-state index contributed by atoms with van der Waals surface area (Å²) in [5, 5.41) is 0. The molecule has 0 radical (unpaired) electrons. The fourth-order valence-corrected chi connectivity index (χ4v) is 2.39. The maximum absolute atomic E-state index is 10.7. The molecule has 0 N–H and O–H groups in total. The van der Waals surface area contributed by atoms with Crippen LogP contribution in [-0.2, 0) is 19.1 Å². The largest absolute Gasteiger partial charge is 0.463 e. The molecule has 0 aliphatic rings. The molecule has 2 aromatic rings. The van der Waals surface area contributed by atoms with Gasteiger partial charge in [-0.2, -0.15) is 0 Å². The highest BCUT2D eigenvalue weighted by atomic mass is 16.5. The highest BCUT2D eigenvalue weighted by Gasteiger charge is 1.94. The lowest BCUT2D eigenvalue weighted by Gasteiger charge is -1.97. The molecule has 4 nitrogen and oxygen atoms in total. The quantitative estimate of drug-likeness (QED) is 0.194. The van der Waals surface area contributed by atoms with E-state index in [1.165, 1.54) is 11.1 Å². The van der Waals surface area contributed by atoms with Gasteiger partial charge in [0.1, 0.15) is 0 Å². The number of aryl methyl sites for hydroxylation is 2. The first-order valence-corrected chi connectivity index (χ1v) is 11.1. The number of hydrogen-bond acceptors (Lipinski definition) is 4. The zero-order chi connectivity index (χ0) is 25.0. The number of ether oxygens (including phenoxy) is 2. The maximum atomic E-state index is 10.7. The zero-order valence-corrected chi connectivity index (χ0v) is 20.1. The van der Waals surface area contributed by atoms with Crippen LogP contribution in [-0.4, -0.2) is 25.2 Å². The van der Waals surface area contributed by atoms with Gasteiger partial charge in [-0.1, -0.05) is 79.7 Å². The molecule has 0 aliphatic carbocycles. The van der Waals surface area contributed by atoms with Gasteiger partial charge in [-0.25, -0.2) is 9.59 Å². The van der Waals surface area contributed by atoms with E-state index in [0.717, 1.165) is 49.0 Å². The fraction of sp³-hybridized carbons (Fsp3) is 0.290. The van der Waals surface area contributed by atoms with E-state index in [1.807, 2.05) is 62.4 Å². The van der Waals surface area contributed by atoms with Crippen LogP contribution in [0.5, 0.6) is 0 Å². The van der Waals surface area contributed by atoms with Crippen molar-refractivity contribution in [3.8, 4) is 23.7 Å². The van der Waals surface area contributed by atoms with Crippen molar-refractivity contribution in [1.29, 1.82) is 0 Å². The number of unbranched alkanes of at least 4 members (excludes halogenated alkanes) is 2. The zero-order valence-electron chi connectivity index (χ0n) is 20.1. The van der Waals surface area contributed by atoms with Crippen molar-refractivity contribution in [2.24, 2.45) is 0 Å². The van der Waals surface area contributed by atoms with Crippen molar-refractivity contribution in [2.75, 3.05) is 13.2 Å². The minimum Gasteiger partial charge on any atom is -0.463 e. The predicted molar refractivity (Wildman–Crippen MR) is 144 cm³/mol. The molecule has 0 bridgehead atoms. The molecule has 0 saturated carbocycles. The van der Waals surface area contributed by atoms with Crippen LogP contribution in [0.2, 0.25) is 0 Å². The summed E-state index contributed by atoms with van der Waals surface area (Å²) >= 11 is 0. The molecule has 2 rings (SSSR count). The van der Waals surface area contributed by atoms with Gasteiger partial charge in [-0.15, -0.1) is 0 Å². The summed E-state index contributed by atoms with van der Waals surface area (Å²) in [5.41, 5.74) is 4.48. The second-order valence-electron chi connectivity index (χ2n) is 7.29. The van der Waals surface area contributed by atoms with Gasteiger partial charge in [-0.3, -0.25) is 0 Å². The van der Waals surface area contributed by atoms with Gasteiger partial charge in [-0.05, 0) is 51.0 Å². The number of carbonyl (C=O) groups is 2. The Bertz CT molecular complexity index is 952. The molecule has 0 fully saturated rings. The third-order valence-corrected chi connectivity index (χ3v) is 4.28. The number of esters is 2. The number of hydrogen-bond donors (Lipinski definition) is 0. The Kier molecular flexibility index (Phi) is 17.2. The van der Waals surface area contributed by atoms with E-state index in [2.05, 4.69) is 36.8 Å². The van der Waals surface area contributed by atoms with Crippen LogP contribution in [0.1, 0.15) is 55.4 Å². The van der Waals surface area contributed by atoms with Gasteiger partial charge in [0.25, 0.3) is 0 Å². The Morgan fingerprint density at radius 2 is 1.06 bits per heavy atom. The predicted octanol–water partition coefficient (Wildman–Crippen LogP) is 6.35. The highest BCUT2D eigenvalue weighted by molar-refractivity contribution is 5.81. The molecule has 0 saturated heterocycles. The topological polar surface area (TPSA) is 52.6 Å². The molecule has 0 heterocycles. The molecule has 4 heteroatoms. The number of rotatable bonds is 8. The van der Waals surface area contributed by atoms with Crippen LogP contribution < -0.4 is 0 Å². The lowest BCUT2D eigenvalue weighted by Crippen LogP contribution is -2.01. The fourth-order valence-electron chi connectivity index (χ4n) is 2.39. The van der Waals surface area contributed by atoms with Crippen molar-refractivity contribution in [3.63, 3.8) is 0 Å². The third kappa shape index (κ3) is 16.3. The molecule has 0 aromatic heterocycles. The molecule has 2 aromatic carbocycles. The molecular weight excluding hydrogens is 436 g/mol. The van der Waals surface area contributed by atoms with Crippen LogP contribution in [0.15, 0.2) is 73.8 Å². The van der Waals surface area contributed by atoms with Crippen molar-refractivity contribution in [1.82, 2.24) is 0 Å².